The molecule has 2 aromatic rings. The van der Waals surface area contributed by atoms with E-state index in [-0.39, 0.29) is 24.2 Å². The molecule has 1 aliphatic rings. The standard InChI is InChI=1S/C16H18N4O2/c21-14(11-3-1-2-4-11)10-20-16(22)12-5-6-17-13(9-12)15-18-7-8-19-15/h5-9,11H,1-4,10H2,(H,18,19)(H,20,22). The van der Waals surface area contributed by atoms with Crippen LogP contribution in [0, 0.1) is 5.92 Å². The highest BCUT2D eigenvalue weighted by molar-refractivity contribution is 5.97. The predicted molar refractivity (Wildman–Crippen MR) is 81.1 cm³/mol. The molecule has 0 bridgehead atoms. The van der Waals surface area contributed by atoms with Crippen LogP contribution in [-0.4, -0.2) is 33.2 Å². The Hall–Kier alpha value is -2.50. The monoisotopic (exact) mass is 298 g/mol. The van der Waals surface area contributed by atoms with Crippen molar-refractivity contribution in [2.45, 2.75) is 25.7 Å². The molecule has 2 heterocycles. The summed E-state index contributed by atoms with van der Waals surface area (Å²) in [5, 5.41) is 2.70. The summed E-state index contributed by atoms with van der Waals surface area (Å²) < 4.78 is 0. The third kappa shape index (κ3) is 3.21. The van der Waals surface area contributed by atoms with Crippen molar-refractivity contribution in [2.75, 3.05) is 6.54 Å². The third-order valence-corrected chi connectivity index (χ3v) is 4.00. The number of carbonyl (C=O) groups excluding carboxylic acids is 2. The lowest BCUT2D eigenvalue weighted by Gasteiger charge is -2.09. The molecule has 6 heteroatoms. The normalized spacial score (nSPS) is 14.9. The zero-order valence-electron chi connectivity index (χ0n) is 12.2. The van der Waals surface area contributed by atoms with Gasteiger partial charge in [0.2, 0.25) is 0 Å². The Labute approximate surface area is 128 Å². The minimum absolute atomic E-state index is 0.0991. The van der Waals surface area contributed by atoms with Crippen LogP contribution in [0.3, 0.4) is 0 Å². The van der Waals surface area contributed by atoms with E-state index in [2.05, 4.69) is 20.3 Å². The molecule has 1 aliphatic carbocycles. The Balaban J connectivity index is 1.62. The largest absolute Gasteiger partial charge is 0.345 e. The zero-order chi connectivity index (χ0) is 15.4. The molecule has 1 amide bonds. The van der Waals surface area contributed by atoms with Gasteiger partial charge in [-0.05, 0) is 25.0 Å². The molecule has 1 saturated carbocycles. The summed E-state index contributed by atoms with van der Waals surface area (Å²) >= 11 is 0. The SMILES string of the molecule is O=C(NCC(=O)C1CCCC1)c1ccnc(-c2ncc[nH]2)c1. The minimum Gasteiger partial charge on any atom is -0.345 e. The van der Waals surface area contributed by atoms with Gasteiger partial charge in [0.25, 0.3) is 5.91 Å². The first-order chi connectivity index (χ1) is 10.7. The van der Waals surface area contributed by atoms with E-state index in [1.54, 1.807) is 30.7 Å². The van der Waals surface area contributed by atoms with Crippen molar-refractivity contribution < 1.29 is 9.59 Å². The molecule has 2 N–H and O–H groups in total. The number of amides is 1. The number of rotatable bonds is 5. The van der Waals surface area contributed by atoms with E-state index in [1.807, 2.05) is 0 Å². The molecule has 0 atom stereocenters. The third-order valence-electron chi connectivity index (χ3n) is 4.00. The van der Waals surface area contributed by atoms with Crippen LogP contribution in [0.5, 0.6) is 0 Å². The summed E-state index contributed by atoms with van der Waals surface area (Å²) in [6.07, 6.45) is 9.02. The summed E-state index contributed by atoms with van der Waals surface area (Å²) in [6.45, 7) is 0.0991. The minimum atomic E-state index is -0.262. The molecule has 0 unspecified atom stereocenters. The summed E-state index contributed by atoms with van der Waals surface area (Å²) in [7, 11) is 0. The van der Waals surface area contributed by atoms with Crippen LogP contribution in [0.2, 0.25) is 0 Å². The number of hydrogen-bond donors (Lipinski definition) is 2. The molecule has 0 aromatic carbocycles. The molecule has 3 rings (SSSR count). The Kier molecular flexibility index (Phi) is 4.27. The highest BCUT2D eigenvalue weighted by atomic mass is 16.2. The first-order valence-corrected chi connectivity index (χ1v) is 7.51. The Morgan fingerprint density at radius 1 is 1.23 bits per heavy atom. The van der Waals surface area contributed by atoms with E-state index in [0.29, 0.717) is 17.1 Å². The maximum absolute atomic E-state index is 12.2. The second-order valence-electron chi connectivity index (χ2n) is 5.50. The van der Waals surface area contributed by atoms with E-state index in [9.17, 15) is 9.59 Å². The lowest BCUT2D eigenvalue weighted by atomic mass is 10.0. The van der Waals surface area contributed by atoms with Gasteiger partial charge in [0.15, 0.2) is 11.6 Å². The molecule has 0 spiro atoms. The van der Waals surface area contributed by atoms with Gasteiger partial charge in [-0.15, -0.1) is 0 Å². The van der Waals surface area contributed by atoms with Crippen molar-refractivity contribution in [1.82, 2.24) is 20.3 Å². The van der Waals surface area contributed by atoms with Gasteiger partial charge < -0.3 is 10.3 Å². The lowest BCUT2D eigenvalue weighted by molar-refractivity contribution is -0.121. The molecule has 114 valence electrons. The molecule has 0 radical (unpaired) electrons. The van der Waals surface area contributed by atoms with Crippen molar-refractivity contribution in [3.05, 3.63) is 36.3 Å². The molecular formula is C16H18N4O2. The maximum atomic E-state index is 12.2. The highest BCUT2D eigenvalue weighted by Gasteiger charge is 2.22. The van der Waals surface area contributed by atoms with Gasteiger partial charge in [-0.3, -0.25) is 14.6 Å². The van der Waals surface area contributed by atoms with E-state index in [4.69, 9.17) is 0 Å². The molecule has 0 saturated heterocycles. The van der Waals surface area contributed by atoms with E-state index in [0.717, 1.165) is 25.7 Å². The first-order valence-electron chi connectivity index (χ1n) is 7.51. The number of hydrogen-bond acceptors (Lipinski definition) is 4. The quantitative estimate of drug-likeness (QED) is 0.883. The average Bonchev–Trinajstić information content (AvgIpc) is 3.25. The summed E-state index contributed by atoms with van der Waals surface area (Å²) in [6, 6.07) is 3.29. The maximum Gasteiger partial charge on any atom is 0.251 e. The Morgan fingerprint density at radius 2 is 2.05 bits per heavy atom. The molecule has 2 aromatic heterocycles. The van der Waals surface area contributed by atoms with Gasteiger partial charge >= 0.3 is 0 Å². The van der Waals surface area contributed by atoms with Gasteiger partial charge in [0, 0.05) is 30.1 Å². The number of nitrogens with zero attached hydrogens (tertiary/aromatic N) is 2. The van der Waals surface area contributed by atoms with Crippen molar-refractivity contribution in [3.63, 3.8) is 0 Å². The number of ketones is 1. The fraction of sp³-hybridized carbons (Fsp3) is 0.375. The molecular weight excluding hydrogens is 280 g/mol. The van der Waals surface area contributed by atoms with Crippen molar-refractivity contribution in [3.8, 4) is 11.5 Å². The van der Waals surface area contributed by atoms with Crippen molar-refractivity contribution >= 4 is 11.7 Å². The van der Waals surface area contributed by atoms with Crippen LogP contribution in [-0.2, 0) is 4.79 Å². The number of nitrogens with one attached hydrogen (secondary N) is 2. The van der Waals surface area contributed by atoms with Gasteiger partial charge in [-0.2, -0.15) is 0 Å². The second kappa shape index (κ2) is 6.51. The van der Waals surface area contributed by atoms with Crippen molar-refractivity contribution in [1.29, 1.82) is 0 Å². The van der Waals surface area contributed by atoms with Crippen LogP contribution in [0.4, 0.5) is 0 Å². The molecule has 1 fully saturated rings. The van der Waals surface area contributed by atoms with Crippen LogP contribution >= 0.6 is 0 Å². The predicted octanol–water partition coefficient (Wildman–Crippen LogP) is 1.96. The Bertz CT molecular complexity index is 661. The molecule has 6 nitrogen and oxygen atoms in total. The van der Waals surface area contributed by atoms with Gasteiger partial charge in [-0.1, -0.05) is 12.8 Å². The van der Waals surface area contributed by atoms with E-state index in [1.165, 1.54) is 0 Å². The van der Waals surface area contributed by atoms with E-state index < -0.39 is 0 Å². The lowest BCUT2D eigenvalue weighted by Crippen LogP contribution is -2.32. The number of pyridine rings is 1. The smallest absolute Gasteiger partial charge is 0.251 e. The zero-order valence-corrected chi connectivity index (χ0v) is 12.2. The number of imidazole rings is 1. The van der Waals surface area contributed by atoms with Crippen LogP contribution in [0.1, 0.15) is 36.0 Å². The fourth-order valence-corrected chi connectivity index (χ4v) is 2.77. The molecule has 0 aliphatic heterocycles. The van der Waals surface area contributed by atoms with Crippen LogP contribution < -0.4 is 5.32 Å². The fourth-order valence-electron chi connectivity index (χ4n) is 2.77. The molecule has 22 heavy (non-hydrogen) atoms. The van der Waals surface area contributed by atoms with Gasteiger partial charge in [-0.25, -0.2) is 4.98 Å². The number of H-pyrrole nitrogens is 1. The second-order valence-corrected chi connectivity index (χ2v) is 5.50. The summed E-state index contributed by atoms with van der Waals surface area (Å²) in [4.78, 5) is 35.4. The topological polar surface area (TPSA) is 87.7 Å². The van der Waals surface area contributed by atoms with Crippen LogP contribution in [0.15, 0.2) is 30.7 Å². The van der Waals surface area contributed by atoms with Crippen molar-refractivity contribution in [2.24, 2.45) is 5.92 Å². The average molecular weight is 298 g/mol. The van der Waals surface area contributed by atoms with E-state index >= 15 is 0 Å². The summed E-state index contributed by atoms with van der Waals surface area (Å²) in [5.74, 6) is 0.598. The first kappa shape index (κ1) is 14.4. The summed E-state index contributed by atoms with van der Waals surface area (Å²) in [5.41, 5.74) is 1.07. The number of Topliss-reactive ketones (excluding diaryl/α,β-unsaturated/α-hetero) is 1. The van der Waals surface area contributed by atoms with Gasteiger partial charge in [0.05, 0.1) is 6.54 Å². The highest BCUT2D eigenvalue weighted by Crippen LogP contribution is 2.25. The number of aromatic nitrogens is 3. The van der Waals surface area contributed by atoms with Gasteiger partial charge in [0.1, 0.15) is 5.69 Å². The number of aromatic amines is 1. The Morgan fingerprint density at radius 3 is 2.77 bits per heavy atom. The number of carbonyl (C=O) groups is 2. The van der Waals surface area contributed by atoms with Crippen LogP contribution in [0.25, 0.3) is 11.5 Å².